The molecule has 8 nitrogen and oxygen atoms in total. The number of para-hydroxylation sites is 1. The highest BCUT2D eigenvalue weighted by atomic mass is 35.5. The van der Waals surface area contributed by atoms with Gasteiger partial charge >= 0.3 is 10.0 Å². The van der Waals surface area contributed by atoms with Crippen molar-refractivity contribution < 1.29 is 17.9 Å². The SMILES string of the molecule is CS(=O)(=O)[N+]1(NC(=O)C(COCc2ccccc2Cl)NCc2ccc(Cl)c(Cl)c2)CC2(CCNCC2)c2ccccc21.Cl. The summed E-state index contributed by atoms with van der Waals surface area (Å²) >= 11 is 18.6. The van der Waals surface area contributed by atoms with Crippen molar-refractivity contribution in [1.82, 2.24) is 20.1 Å². The van der Waals surface area contributed by atoms with Crippen LogP contribution in [0.2, 0.25) is 15.1 Å². The van der Waals surface area contributed by atoms with E-state index < -0.39 is 26.0 Å². The van der Waals surface area contributed by atoms with E-state index >= 15 is 0 Å². The summed E-state index contributed by atoms with van der Waals surface area (Å²) in [5.41, 5.74) is 5.71. The zero-order valence-electron chi connectivity index (χ0n) is 23.6. The third-order valence-corrected chi connectivity index (χ3v) is 10.8. The number of rotatable bonds is 10. The van der Waals surface area contributed by atoms with Crippen molar-refractivity contribution in [1.29, 1.82) is 0 Å². The number of hydrogen-bond donors (Lipinski definition) is 3. The Kier molecular flexibility index (Phi) is 11.1. The van der Waals surface area contributed by atoms with Gasteiger partial charge in [0, 0.05) is 23.2 Å². The first-order chi connectivity index (χ1) is 20.0. The largest absolute Gasteiger partial charge is 0.375 e. The lowest BCUT2D eigenvalue weighted by atomic mass is 9.75. The molecule has 1 fully saturated rings. The number of sulfonamides is 1. The molecule has 2 atom stereocenters. The molecule has 2 aliphatic rings. The molecule has 3 N–H and O–H groups in total. The molecule has 0 saturated carbocycles. The van der Waals surface area contributed by atoms with Crippen LogP contribution in [0, 0.1) is 0 Å². The van der Waals surface area contributed by atoms with Gasteiger partial charge < -0.3 is 10.1 Å². The quantitative estimate of drug-likeness (QED) is 0.248. The van der Waals surface area contributed by atoms with Gasteiger partial charge in [0.2, 0.25) is 0 Å². The van der Waals surface area contributed by atoms with Gasteiger partial charge in [0.25, 0.3) is 5.91 Å². The van der Waals surface area contributed by atoms with Gasteiger partial charge in [-0.3, -0.25) is 10.1 Å². The van der Waals surface area contributed by atoms with Crippen molar-refractivity contribution in [2.45, 2.75) is 37.5 Å². The van der Waals surface area contributed by atoms with Crippen LogP contribution in [0.4, 0.5) is 5.69 Å². The molecule has 43 heavy (non-hydrogen) atoms. The van der Waals surface area contributed by atoms with Crippen molar-refractivity contribution in [3.05, 3.63) is 98.5 Å². The number of halogens is 4. The lowest BCUT2D eigenvalue weighted by Crippen LogP contribution is -2.68. The summed E-state index contributed by atoms with van der Waals surface area (Å²) in [6.45, 7) is 2.20. The number of nitrogens with zero attached hydrogens (tertiary/aromatic N) is 1. The third kappa shape index (κ3) is 7.16. The van der Waals surface area contributed by atoms with E-state index in [0.29, 0.717) is 20.8 Å². The first kappa shape index (κ1) is 34.0. The molecule has 1 saturated heterocycles. The fourth-order valence-corrected chi connectivity index (χ4v) is 7.69. The smallest absolute Gasteiger partial charge is 0.321 e. The van der Waals surface area contributed by atoms with Gasteiger partial charge in [-0.2, -0.15) is 13.8 Å². The predicted octanol–water partition coefficient (Wildman–Crippen LogP) is 5.38. The Bertz CT molecular complexity index is 1570. The van der Waals surface area contributed by atoms with Gasteiger partial charge in [-0.1, -0.05) is 81.3 Å². The maximum atomic E-state index is 14.1. The molecule has 2 heterocycles. The van der Waals surface area contributed by atoms with Gasteiger partial charge in [-0.15, -0.1) is 12.4 Å². The predicted molar refractivity (Wildman–Crippen MR) is 175 cm³/mol. The Hall–Kier alpha value is -1.92. The van der Waals surface area contributed by atoms with Crippen LogP contribution in [0.1, 0.15) is 29.5 Å². The van der Waals surface area contributed by atoms with Crippen molar-refractivity contribution in [3.8, 4) is 0 Å². The standard InChI is InChI=1S/C30H33Cl3N4O4S.ClH/c1-42(39,40)37(20-30(12-14-34-15-13-30)23-7-3-5-9-28(23)37)36-29(38)27(19-41-18-22-6-2-4-8-24(22)31)35-17-21-10-11-25(32)26(33)16-21;/h2-11,16,27,34-35H,12-15,17-20H2,1H3;1H/p+1. The number of quaternary nitrogens is 1. The Morgan fingerprint density at radius 2 is 1.70 bits per heavy atom. The van der Waals surface area contributed by atoms with E-state index in [0.717, 1.165) is 42.6 Å². The molecule has 2 aliphatic heterocycles. The fourth-order valence-electron chi connectivity index (χ4n) is 5.92. The van der Waals surface area contributed by atoms with Gasteiger partial charge in [-0.25, -0.2) is 0 Å². The first-order valence-electron chi connectivity index (χ1n) is 13.7. The number of benzene rings is 3. The molecule has 5 rings (SSSR count). The Morgan fingerprint density at radius 3 is 2.40 bits per heavy atom. The maximum absolute atomic E-state index is 14.1. The van der Waals surface area contributed by atoms with E-state index in [-0.39, 0.29) is 44.1 Å². The number of hydrogen-bond acceptors (Lipinski definition) is 6. The van der Waals surface area contributed by atoms with Crippen LogP contribution in [-0.4, -0.2) is 52.9 Å². The Morgan fingerprint density at radius 1 is 1.00 bits per heavy atom. The molecule has 0 aliphatic carbocycles. The summed E-state index contributed by atoms with van der Waals surface area (Å²) in [5, 5.41) is 7.99. The third-order valence-electron chi connectivity index (χ3n) is 8.16. The van der Waals surface area contributed by atoms with Crippen LogP contribution >= 0.6 is 47.2 Å². The van der Waals surface area contributed by atoms with Crippen LogP contribution in [-0.2, 0) is 38.1 Å². The lowest BCUT2D eigenvalue weighted by molar-refractivity contribution is -0.127. The summed E-state index contributed by atoms with van der Waals surface area (Å²) in [6, 6.07) is 19.2. The molecule has 0 aromatic heterocycles. The first-order valence-corrected chi connectivity index (χ1v) is 16.7. The lowest BCUT2D eigenvalue weighted by Gasteiger charge is -2.36. The molecule has 0 bridgehead atoms. The summed E-state index contributed by atoms with van der Waals surface area (Å²) in [7, 11) is -3.86. The van der Waals surface area contributed by atoms with E-state index in [4.69, 9.17) is 39.5 Å². The Labute approximate surface area is 274 Å². The minimum absolute atomic E-state index is 0. The highest BCUT2D eigenvalue weighted by molar-refractivity contribution is 7.90. The molecular formula is C30H35Cl4N4O4S+. The number of amides is 1. The number of fused-ring (bicyclic) bond motifs is 2. The molecule has 3 aromatic carbocycles. The van der Waals surface area contributed by atoms with Crippen molar-refractivity contribution >= 4 is 68.8 Å². The highest BCUT2D eigenvalue weighted by Crippen LogP contribution is 2.50. The summed E-state index contributed by atoms with van der Waals surface area (Å²) < 4.78 is 32.6. The van der Waals surface area contributed by atoms with E-state index in [1.807, 2.05) is 42.5 Å². The van der Waals surface area contributed by atoms with E-state index in [9.17, 15) is 13.2 Å². The highest BCUT2D eigenvalue weighted by Gasteiger charge is 2.60. The van der Waals surface area contributed by atoms with Crippen molar-refractivity contribution in [2.75, 3.05) is 32.5 Å². The fraction of sp³-hybridized carbons (Fsp3) is 0.367. The molecule has 3 aromatic rings. The van der Waals surface area contributed by atoms with Crippen LogP contribution < -0.4 is 20.1 Å². The molecular weight excluding hydrogens is 654 g/mol. The van der Waals surface area contributed by atoms with Crippen molar-refractivity contribution in [3.63, 3.8) is 0 Å². The van der Waals surface area contributed by atoms with E-state index in [1.54, 1.807) is 24.3 Å². The van der Waals surface area contributed by atoms with Gasteiger partial charge in [0.15, 0.2) is 5.69 Å². The molecule has 1 amide bonds. The number of nitrogens with one attached hydrogen (secondary N) is 3. The number of carbonyl (C=O) groups excluding carboxylic acids is 1. The summed E-state index contributed by atoms with van der Waals surface area (Å²) in [6.07, 6.45) is 2.72. The normalized spacial score (nSPS) is 19.8. The molecule has 13 heteroatoms. The molecule has 0 radical (unpaired) electrons. The Balaban J connectivity index is 0.00000423. The summed E-state index contributed by atoms with van der Waals surface area (Å²) in [5.74, 6) is -0.500. The number of piperidine rings is 1. The second kappa shape index (κ2) is 14.0. The van der Waals surface area contributed by atoms with Gasteiger partial charge in [-0.05, 0) is 55.3 Å². The number of carbonyl (C=O) groups is 1. The van der Waals surface area contributed by atoms with Crippen LogP contribution in [0.3, 0.4) is 0 Å². The number of ether oxygens (including phenoxy) is 1. The second-order valence-corrected chi connectivity index (χ2v) is 14.3. The average molecular weight is 690 g/mol. The maximum Gasteiger partial charge on any atom is 0.321 e. The molecule has 2 unspecified atom stereocenters. The minimum Gasteiger partial charge on any atom is -0.375 e. The second-order valence-electron chi connectivity index (χ2n) is 10.9. The molecule has 232 valence electrons. The zero-order valence-corrected chi connectivity index (χ0v) is 27.5. The minimum atomic E-state index is -3.86. The molecule has 1 spiro atoms. The van der Waals surface area contributed by atoms with Gasteiger partial charge in [0.05, 0.1) is 34.9 Å². The van der Waals surface area contributed by atoms with Crippen LogP contribution in [0.25, 0.3) is 0 Å². The topological polar surface area (TPSA) is 96.5 Å². The van der Waals surface area contributed by atoms with Crippen LogP contribution in [0.5, 0.6) is 0 Å². The average Bonchev–Trinajstić information content (AvgIpc) is 3.23. The zero-order chi connectivity index (χ0) is 30.0. The van der Waals surface area contributed by atoms with E-state index in [2.05, 4.69) is 16.1 Å². The monoisotopic (exact) mass is 687 g/mol. The van der Waals surface area contributed by atoms with E-state index in [1.165, 1.54) is 6.26 Å². The summed E-state index contributed by atoms with van der Waals surface area (Å²) in [4.78, 5) is 14.1. The van der Waals surface area contributed by atoms with Gasteiger partial charge in [0.1, 0.15) is 12.6 Å². The van der Waals surface area contributed by atoms with Crippen molar-refractivity contribution in [2.24, 2.45) is 0 Å². The van der Waals surface area contributed by atoms with Crippen LogP contribution in [0.15, 0.2) is 66.7 Å².